The van der Waals surface area contributed by atoms with Gasteiger partial charge in [0.1, 0.15) is 6.07 Å². The van der Waals surface area contributed by atoms with Crippen LogP contribution in [0.4, 0.5) is 0 Å². The van der Waals surface area contributed by atoms with E-state index in [4.69, 9.17) is 5.26 Å². The highest BCUT2D eigenvalue weighted by atomic mass is 15.1. The lowest BCUT2D eigenvalue weighted by molar-refractivity contribution is 0.963. The van der Waals surface area contributed by atoms with Crippen molar-refractivity contribution in [3.63, 3.8) is 0 Å². The maximum atomic E-state index is 8.28. The molecule has 3 heteroatoms. The van der Waals surface area contributed by atoms with Gasteiger partial charge in [-0.25, -0.2) is 0 Å². The maximum absolute atomic E-state index is 8.28. The smallest absolute Gasteiger partial charge is 0.163 e. The van der Waals surface area contributed by atoms with E-state index in [1.807, 2.05) is 26.8 Å². The SMILES string of the molecule is CC.Cc1ccc(C#N)nn1. The van der Waals surface area contributed by atoms with Crippen molar-refractivity contribution in [3.8, 4) is 6.07 Å². The van der Waals surface area contributed by atoms with Gasteiger partial charge in [0.15, 0.2) is 5.69 Å². The van der Waals surface area contributed by atoms with Gasteiger partial charge in [-0.15, -0.1) is 5.10 Å². The van der Waals surface area contributed by atoms with Crippen molar-refractivity contribution in [2.24, 2.45) is 0 Å². The van der Waals surface area contributed by atoms with Gasteiger partial charge in [0.05, 0.1) is 5.69 Å². The highest BCUT2D eigenvalue weighted by Gasteiger charge is 1.88. The van der Waals surface area contributed by atoms with Crippen LogP contribution in [0.1, 0.15) is 25.2 Å². The zero-order chi connectivity index (χ0) is 8.69. The predicted octanol–water partition coefficient (Wildman–Crippen LogP) is 1.68. The third-order valence-corrected chi connectivity index (χ3v) is 0.912. The molecule has 0 saturated heterocycles. The molecule has 0 atom stereocenters. The molecule has 1 aromatic rings. The predicted molar refractivity (Wildman–Crippen MR) is 42.8 cm³/mol. The normalized spacial score (nSPS) is 7.45. The average Bonchev–Trinajstić information content (AvgIpc) is 2.10. The topological polar surface area (TPSA) is 49.6 Å². The van der Waals surface area contributed by atoms with E-state index in [1.165, 1.54) is 0 Å². The van der Waals surface area contributed by atoms with E-state index in [2.05, 4.69) is 10.2 Å². The third kappa shape index (κ3) is 3.31. The van der Waals surface area contributed by atoms with E-state index < -0.39 is 0 Å². The first-order chi connectivity index (χ1) is 5.33. The molecule has 1 heterocycles. The minimum Gasteiger partial charge on any atom is -0.191 e. The van der Waals surface area contributed by atoms with Gasteiger partial charge in [-0.05, 0) is 19.1 Å². The van der Waals surface area contributed by atoms with E-state index in [-0.39, 0.29) is 0 Å². The van der Waals surface area contributed by atoms with E-state index in [9.17, 15) is 0 Å². The fourth-order valence-corrected chi connectivity index (χ4v) is 0.459. The van der Waals surface area contributed by atoms with Crippen LogP contribution in [0.15, 0.2) is 12.1 Å². The molecule has 58 valence electrons. The summed E-state index contributed by atoms with van der Waals surface area (Å²) in [6, 6.07) is 5.28. The number of nitriles is 1. The molecule has 0 aliphatic rings. The molecule has 0 aromatic carbocycles. The first kappa shape index (κ1) is 9.57. The summed E-state index contributed by atoms with van der Waals surface area (Å²) in [6.07, 6.45) is 0. The van der Waals surface area contributed by atoms with Crippen molar-refractivity contribution in [1.29, 1.82) is 5.26 Å². The van der Waals surface area contributed by atoms with Crippen LogP contribution in [0.3, 0.4) is 0 Å². The second-order valence-electron chi connectivity index (χ2n) is 1.67. The molecule has 0 saturated carbocycles. The number of hydrogen-bond donors (Lipinski definition) is 0. The van der Waals surface area contributed by atoms with Gasteiger partial charge >= 0.3 is 0 Å². The van der Waals surface area contributed by atoms with Crippen molar-refractivity contribution < 1.29 is 0 Å². The zero-order valence-electron chi connectivity index (χ0n) is 7.00. The molecule has 1 aromatic heterocycles. The second-order valence-corrected chi connectivity index (χ2v) is 1.67. The molecule has 0 N–H and O–H groups in total. The Balaban J connectivity index is 0.000000461. The Morgan fingerprint density at radius 3 is 2.27 bits per heavy atom. The van der Waals surface area contributed by atoms with Crippen LogP contribution in [-0.4, -0.2) is 10.2 Å². The van der Waals surface area contributed by atoms with Gasteiger partial charge in [-0.1, -0.05) is 13.8 Å². The Hall–Kier alpha value is -1.43. The van der Waals surface area contributed by atoms with Gasteiger partial charge in [-0.3, -0.25) is 0 Å². The molecule has 0 unspecified atom stereocenters. The third-order valence-electron chi connectivity index (χ3n) is 0.912. The van der Waals surface area contributed by atoms with Crippen LogP contribution in [0.25, 0.3) is 0 Å². The molecule has 0 aliphatic heterocycles. The minimum atomic E-state index is 0.362. The Kier molecular flexibility index (Phi) is 4.67. The molecular weight excluding hydrogens is 138 g/mol. The van der Waals surface area contributed by atoms with Crippen LogP contribution in [0.2, 0.25) is 0 Å². The van der Waals surface area contributed by atoms with Crippen molar-refractivity contribution >= 4 is 0 Å². The molecular formula is C8H11N3. The largest absolute Gasteiger partial charge is 0.191 e. The summed E-state index contributed by atoms with van der Waals surface area (Å²) in [5.74, 6) is 0. The van der Waals surface area contributed by atoms with Crippen LogP contribution in [0, 0.1) is 18.3 Å². The van der Waals surface area contributed by atoms with E-state index in [1.54, 1.807) is 12.1 Å². The summed E-state index contributed by atoms with van der Waals surface area (Å²) in [5.41, 5.74) is 1.19. The molecule has 3 nitrogen and oxygen atoms in total. The van der Waals surface area contributed by atoms with Crippen LogP contribution < -0.4 is 0 Å². The number of hydrogen-bond acceptors (Lipinski definition) is 3. The highest BCUT2D eigenvalue weighted by molar-refractivity contribution is 5.18. The van der Waals surface area contributed by atoms with Gasteiger partial charge < -0.3 is 0 Å². The molecule has 11 heavy (non-hydrogen) atoms. The second kappa shape index (κ2) is 5.36. The lowest BCUT2D eigenvalue weighted by atomic mass is 10.4. The van der Waals surface area contributed by atoms with Crippen LogP contribution >= 0.6 is 0 Å². The molecule has 0 radical (unpaired) electrons. The Bertz CT molecular complexity index is 233. The van der Waals surface area contributed by atoms with E-state index in [0.29, 0.717) is 5.69 Å². The standard InChI is InChI=1S/C6H5N3.C2H6/c1-5-2-3-6(4-7)9-8-5;1-2/h2-3H,1H3;1-2H3. The monoisotopic (exact) mass is 149 g/mol. The van der Waals surface area contributed by atoms with Gasteiger partial charge in [0, 0.05) is 0 Å². The van der Waals surface area contributed by atoms with E-state index >= 15 is 0 Å². The van der Waals surface area contributed by atoms with Crippen molar-refractivity contribution in [2.45, 2.75) is 20.8 Å². The van der Waals surface area contributed by atoms with Gasteiger partial charge in [0.2, 0.25) is 0 Å². The molecule has 0 amide bonds. The van der Waals surface area contributed by atoms with Gasteiger partial charge in [-0.2, -0.15) is 10.4 Å². The number of nitrogens with zero attached hydrogens (tertiary/aromatic N) is 3. The maximum Gasteiger partial charge on any atom is 0.163 e. The fraction of sp³-hybridized carbons (Fsp3) is 0.375. The average molecular weight is 149 g/mol. The van der Waals surface area contributed by atoms with Crippen LogP contribution in [0.5, 0.6) is 0 Å². The number of aryl methyl sites for hydroxylation is 1. The first-order valence-electron chi connectivity index (χ1n) is 3.53. The molecule has 0 spiro atoms. The van der Waals surface area contributed by atoms with Gasteiger partial charge in [0.25, 0.3) is 0 Å². The summed E-state index contributed by atoms with van der Waals surface area (Å²) >= 11 is 0. The quantitative estimate of drug-likeness (QED) is 0.564. The van der Waals surface area contributed by atoms with Crippen molar-refractivity contribution in [3.05, 3.63) is 23.5 Å². The highest BCUT2D eigenvalue weighted by Crippen LogP contribution is 1.90. The Morgan fingerprint density at radius 2 is 1.91 bits per heavy atom. The number of aromatic nitrogens is 2. The molecule has 0 bridgehead atoms. The van der Waals surface area contributed by atoms with Crippen LogP contribution in [-0.2, 0) is 0 Å². The van der Waals surface area contributed by atoms with Crippen molar-refractivity contribution in [2.75, 3.05) is 0 Å². The molecule has 1 rings (SSSR count). The lowest BCUT2D eigenvalue weighted by Crippen LogP contribution is -1.87. The summed E-state index contributed by atoms with van der Waals surface area (Å²) in [5, 5.41) is 15.5. The Morgan fingerprint density at radius 1 is 1.27 bits per heavy atom. The van der Waals surface area contributed by atoms with E-state index in [0.717, 1.165) is 5.69 Å². The lowest BCUT2D eigenvalue weighted by Gasteiger charge is -1.85. The summed E-state index contributed by atoms with van der Waals surface area (Å²) in [4.78, 5) is 0. The molecule has 0 aliphatic carbocycles. The summed E-state index contributed by atoms with van der Waals surface area (Å²) < 4.78 is 0. The number of rotatable bonds is 0. The summed E-state index contributed by atoms with van der Waals surface area (Å²) in [7, 11) is 0. The fourth-order valence-electron chi connectivity index (χ4n) is 0.459. The molecule has 0 fully saturated rings. The minimum absolute atomic E-state index is 0.362. The zero-order valence-corrected chi connectivity index (χ0v) is 7.00. The van der Waals surface area contributed by atoms with Crippen molar-refractivity contribution in [1.82, 2.24) is 10.2 Å². The first-order valence-corrected chi connectivity index (χ1v) is 3.53. The summed E-state index contributed by atoms with van der Waals surface area (Å²) in [6.45, 7) is 5.83. The Labute approximate surface area is 66.7 Å².